The molecule has 0 aliphatic heterocycles. The Balaban J connectivity index is 3.38. The van der Waals surface area contributed by atoms with Crippen LogP contribution < -0.4 is 4.74 Å². The molecule has 0 heterocycles. The van der Waals surface area contributed by atoms with Gasteiger partial charge < -0.3 is 9.84 Å². The first-order valence-corrected chi connectivity index (χ1v) is 3.60. The second kappa shape index (κ2) is 3.73. The highest BCUT2D eigenvalue weighted by molar-refractivity contribution is 5.83. The Morgan fingerprint density at radius 1 is 1.57 bits per heavy atom. The molecular formula is C8H7NO5. The molecule has 0 aromatic heterocycles. The van der Waals surface area contributed by atoms with Crippen LogP contribution in [0.4, 0.5) is 5.69 Å². The van der Waals surface area contributed by atoms with Crippen molar-refractivity contribution in [3.05, 3.63) is 27.8 Å². The smallest absolute Gasteiger partial charge is 0.283 e. The van der Waals surface area contributed by atoms with E-state index in [1.165, 1.54) is 7.11 Å². The van der Waals surface area contributed by atoms with Crippen molar-refractivity contribution in [2.45, 2.75) is 0 Å². The molecule has 0 saturated carbocycles. The van der Waals surface area contributed by atoms with Gasteiger partial charge in [-0.3, -0.25) is 14.9 Å². The minimum atomic E-state index is -0.747. The SMILES string of the molecule is COc1cc(C=O)c([N+](=O)[O-])cc1O. The summed E-state index contributed by atoms with van der Waals surface area (Å²) in [6.45, 7) is 0. The fourth-order valence-electron chi connectivity index (χ4n) is 0.989. The summed E-state index contributed by atoms with van der Waals surface area (Å²) in [5.74, 6) is -0.345. The Bertz CT molecular complexity index is 388. The summed E-state index contributed by atoms with van der Waals surface area (Å²) in [6.07, 6.45) is 0.333. The molecule has 0 bridgehead atoms. The van der Waals surface area contributed by atoms with E-state index >= 15 is 0 Å². The third kappa shape index (κ3) is 1.63. The Morgan fingerprint density at radius 2 is 2.21 bits per heavy atom. The lowest BCUT2D eigenvalue weighted by atomic mass is 10.2. The van der Waals surface area contributed by atoms with Crippen molar-refractivity contribution in [3.63, 3.8) is 0 Å². The Hall–Kier alpha value is -2.11. The van der Waals surface area contributed by atoms with Crippen LogP contribution in [0.2, 0.25) is 0 Å². The number of hydrogen-bond acceptors (Lipinski definition) is 5. The number of hydrogen-bond donors (Lipinski definition) is 1. The van der Waals surface area contributed by atoms with Crippen molar-refractivity contribution in [1.82, 2.24) is 0 Å². The minimum Gasteiger partial charge on any atom is -0.504 e. The van der Waals surface area contributed by atoms with Gasteiger partial charge in [-0.15, -0.1) is 0 Å². The summed E-state index contributed by atoms with van der Waals surface area (Å²) in [5, 5.41) is 19.6. The van der Waals surface area contributed by atoms with E-state index in [0.717, 1.165) is 12.1 Å². The zero-order valence-corrected chi connectivity index (χ0v) is 7.26. The first kappa shape index (κ1) is 9.97. The summed E-state index contributed by atoms with van der Waals surface area (Å²) in [6, 6.07) is 1.99. The van der Waals surface area contributed by atoms with Gasteiger partial charge in [-0.1, -0.05) is 0 Å². The molecule has 1 aromatic rings. The van der Waals surface area contributed by atoms with Crippen LogP contribution in [0.5, 0.6) is 11.5 Å². The molecule has 0 spiro atoms. The fraction of sp³-hybridized carbons (Fsp3) is 0.125. The summed E-state index contributed by atoms with van der Waals surface area (Å²) < 4.78 is 4.69. The molecule has 14 heavy (non-hydrogen) atoms. The highest BCUT2D eigenvalue weighted by Gasteiger charge is 2.17. The molecule has 0 aliphatic carbocycles. The van der Waals surface area contributed by atoms with E-state index in [-0.39, 0.29) is 17.1 Å². The number of rotatable bonds is 3. The molecule has 74 valence electrons. The van der Waals surface area contributed by atoms with Gasteiger partial charge in [0.15, 0.2) is 17.8 Å². The number of aromatic hydroxyl groups is 1. The highest BCUT2D eigenvalue weighted by Crippen LogP contribution is 2.32. The lowest BCUT2D eigenvalue weighted by Crippen LogP contribution is -1.95. The van der Waals surface area contributed by atoms with E-state index < -0.39 is 10.6 Å². The maximum atomic E-state index is 10.5. The van der Waals surface area contributed by atoms with E-state index in [9.17, 15) is 20.0 Å². The predicted molar refractivity (Wildman–Crippen MR) is 46.7 cm³/mol. The van der Waals surface area contributed by atoms with Crippen molar-refractivity contribution in [2.24, 2.45) is 0 Å². The highest BCUT2D eigenvalue weighted by atomic mass is 16.6. The third-order valence-corrected chi connectivity index (χ3v) is 1.65. The maximum Gasteiger partial charge on any atom is 0.283 e. The van der Waals surface area contributed by atoms with Gasteiger partial charge in [0.2, 0.25) is 0 Å². The molecular weight excluding hydrogens is 190 g/mol. The van der Waals surface area contributed by atoms with Crippen LogP contribution in [-0.2, 0) is 0 Å². The zero-order chi connectivity index (χ0) is 10.7. The van der Waals surface area contributed by atoms with Crippen molar-refractivity contribution in [1.29, 1.82) is 0 Å². The number of nitro groups is 1. The number of phenols is 1. The average molecular weight is 197 g/mol. The molecule has 0 radical (unpaired) electrons. The standard InChI is InChI=1S/C8H7NO5/c1-14-8-2-5(4-10)6(9(12)13)3-7(8)11/h2-4,11H,1H3. The molecule has 6 nitrogen and oxygen atoms in total. The summed E-state index contributed by atoms with van der Waals surface area (Å²) >= 11 is 0. The van der Waals surface area contributed by atoms with Gasteiger partial charge in [0, 0.05) is 6.07 Å². The molecule has 6 heteroatoms. The van der Waals surface area contributed by atoms with Crippen molar-refractivity contribution < 1.29 is 19.6 Å². The largest absolute Gasteiger partial charge is 0.504 e. The Morgan fingerprint density at radius 3 is 2.64 bits per heavy atom. The number of aldehydes is 1. The van der Waals surface area contributed by atoms with Crippen LogP contribution in [0, 0.1) is 10.1 Å². The summed E-state index contributed by atoms with van der Waals surface area (Å²) in [4.78, 5) is 20.1. The molecule has 1 aromatic carbocycles. The molecule has 0 saturated heterocycles. The number of benzene rings is 1. The monoisotopic (exact) mass is 197 g/mol. The van der Waals surface area contributed by atoms with Gasteiger partial charge in [0.05, 0.1) is 23.7 Å². The van der Waals surface area contributed by atoms with Gasteiger partial charge in [-0.25, -0.2) is 0 Å². The zero-order valence-electron chi connectivity index (χ0n) is 7.26. The third-order valence-electron chi connectivity index (χ3n) is 1.65. The van der Waals surface area contributed by atoms with E-state index in [4.69, 9.17) is 4.74 Å². The summed E-state index contributed by atoms with van der Waals surface area (Å²) in [5.41, 5.74) is -0.581. The summed E-state index contributed by atoms with van der Waals surface area (Å²) in [7, 11) is 1.29. The second-order valence-corrected chi connectivity index (χ2v) is 2.46. The number of carbonyl (C=O) groups excluding carboxylic acids is 1. The number of nitro benzene ring substituents is 1. The molecule has 0 amide bonds. The van der Waals surface area contributed by atoms with Crippen LogP contribution in [-0.4, -0.2) is 23.4 Å². The molecule has 0 fully saturated rings. The number of ether oxygens (including phenoxy) is 1. The van der Waals surface area contributed by atoms with E-state index in [0.29, 0.717) is 6.29 Å². The van der Waals surface area contributed by atoms with Gasteiger partial charge in [0.1, 0.15) is 0 Å². The van der Waals surface area contributed by atoms with Crippen molar-refractivity contribution in [3.8, 4) is 11.5 Å². The van der Waals surface area contributed by atoms with Crippen molar-refractivity contribution in [2.75, 3.05) is 7.11 Å². The van der Waals surface area contributed by atoms with Crippen molar-refractivity contribution >= 4 is 12.0 Å². The van der Waals surface area contributed by atoms with Crippen LogP contribution >= 0.6 is 0 Å². The molecule has 1 rings (SSSR count). The number of carbonyl (C=O) groups is 1. The second-order valence-electron chi connectivity index (χ2n) is 2.46. The lowest BCUT2D eigenvalue weighted by Gasteiger charge is -2.03. The van der Waals surface area contributed by atoms with E-state index in [2.05, 4.69) is 0 Å². The van der Waals surface area contributed by atoms with Crippen LogP contribution in [0.1, 0.15) is 10.4 Å². The topological polar surface area (TPSA) is 89.7 Å². The van der Waals surface area contributed by atoms with Gasteiger partial charge in [-0.05, 0) is 0 Å². The van der Waals surface area contributed by atoms with E-state index in [1.807, 2.05) is 0 Å². The van der Waals surface area contributed by atoms with Gasteiger partial charge >= 0.3 is 0 Å². The minimum absolute atomic E-state index is 0.0256. The quantitative estimate of drug-likeness (QED) is 0.445. The molecule has 0 atom stereocenters. The maximum absolute atomic E-state index is 10.5. The molecule has 1 N–H and O–H groups in total. The van der Waals surface area contributed by atoms with Gasteiger partial charge in [-0.2, -0.15) is 0 Å². The average Bonchev–Trinajstić information content (AvgIpc) is 2.17. The fourth-order valence-corrected chi connectivity index (χ4v) is 0.989. The van der Waals surface area contributed by atoms with Crippen LogP contribution in [0.3, 0.4) is 0 Å². The number of methoxy groups -OCH3 is 1. The first-order chi connectivity index (χ1) is 6.60. The number of nitrogens with zero attached hydrogens (tertiary/aromatic N) is 1. The van der Waals surface area contributed by atoms with Crippen LogP contribution in [0.25, 0.3) is 0 Å². The molecule has 0 unspecified atom stereocenters. The van der Waals surface area contributed by atoms with E-state index in [1.54, 1.807) is 0 Å². The van der Waals surface area contributed by atoms with Gasteiger partial charge in [0.25, 0.3) is 5.69 Å². The Kier molecular flexibility index (Phi) is 2.66. The molecule has 0 aliphatic rings. The lowest BCUT2D eigenvalue weighted by molar-refractivity contribution is -0.385. The first-order valence-electron chi connectivity index (χ1n) is 3.60. The normalized spacial score (nSPS) is 9.50. The van der Waals surface area contributed by atoms with Crippen LogP contribution in [0.15, 0.2) is 12.1 Å². The predicted octanol–water partition coefficient (Wildman–Crippen LogP) is 1.12. The Labute approximate surface area is 78.9 Å². The number of phenolic OH excluding ortho intramolecular Hbond substituents is 1.